The van der Waals surface area contributed by atoms with Crippen LogP contribution in [-0.4, -0.2) is 54.8 Å². The summed E-state index contributed by atoms with van der Waals surface area (Å²) in [5.41, 5.74) is 2.03. The number of nitrogens with one attached hydrogen (secondary N) is 1. The van der Waals surface area contributed by atoms with Crippen LogP contribution in [-0.2, 0) is 10.0 Å². The Hall–Kier alpha value is -2.45. The first kappa shape index (κ1) is 21.3. The van der Waals surface area contributed by atoms with Crippen molar-refractivity contribution < 1.29 is 13.2 Å². The topological polar surface area (TPSA) is 82.6 Å². The number of hydrogen-bond acceptors (Lipinski definition) is 4. The summed E-state index contributed by atoms with van der Waals surface area (Å²) in [5, 5.41) is 2.95. The monoisotopic (exact) mass is 416 g/mol. The first-order valence-corrected chi connectivity index (χ1v) is 11.3. The number of sulfonamides is 1. The lowest BCUT2D eigenvalue weighted by molar-refractivity contribution is 0.169. The van der Waals surface area contributed by atoms with Crippen molar-refractivity contribution in [1.29, 1.82) is 0 Å². The number of hydrogen-bond donors (Lipinski definition) is 1. The van der Waals surface area contributed by atoms with Gasteiger partial charge in [-0.15, -0.1) is 0 Å². The fourth-order valence-electron chi connectivity index (χ4n) is 3.30. The van der Waals surface area contributed by atoms with Crippen LogP contribution >= 0.6 is 0 Å². The van der Waals surface area contributed by atoms with Gasteiger partial charge in [-0.1, -0.05) is 32.0 Å². The molecule has 156 valence electrons. The van der Waals surface area contributed by atoms with E-state index in [9.17, 15) is 13.2 Å². The van der Waals surface area contributed by atoms with Gasteiger partial charge in [-0.05, 0) is 42.2 Å². The van der Waals surface area contributed by atoms with E-state index in [2.05, 4.69) is 24.1 Å². The molecule has 0 radical (unpaired) electrons. The molecule has 3 rings (SSSR count). The molecule has 2 aromatic rings. The van der Waals surface area contributed by atoms with E-state index in [4.69, 9.17) is 0 Å². The van der Waals surface area contributed by atoms with E-state index in [1.165, 1.54) is 4.31 Å². The van der Waals surface area contributed by atoms with Gasteiger partial charge in [-0.25, -0.2) is 13.2 Å². The van der Waals surface area contributed by atoms with Gasteiger partial charge < -0.3 is 10.2 Å². The Labute approximate surface area is 172 Å². The van der Waals surface area contributed by atoms with Crippen LogP contribution in [0.1, 0.15) is 43.9 Å². The first-order valence-electron chi connectivity index (χ1n) is 9.84. The number of nitrogens with zero attached hydrogens (tertiary/aromatic N) is 3. The summed E-state index contributed by atoms with van der Waals surface area (Å²) in [5.74, 6) is 0.350. The number of rotatable bonds is 5. The van der Waals surface area contributed by atoms with Crippen molar-refractivity contribution >= 4 is 16.1 Å². The maximum atomic E-state index is 12.9. The average molecular weight is 417 g/mol. The third kappa shape index (κ3) is 4.94. The van der Waals surface area contributed by atoms with Crippen LogP contribution in [0, 0.1) is 0 Å². The van der Waals surface area contributed by atoms with E-state index in [0.29, 0.717) is 23.9 Å². The zero-order valence-corrected chi connectivity index (χ0v) is 17.9. The number of piperazine rings is 1. The molecule has 1 atom stereocenters. The quantitative estimate of drug-likeness (QED) is 0.812. The summed E-state index contributed by atoms with van der Waals surface area (Å²) >= 11 is 0. The highest BCUT2D eigenvalue weighted by atomic mass is 32.2. The van der Waals surface area contributed by atoms with Crippen LogP contribution in [0.15, 0.2) is 53.7 Å². The maximum absolute atomic E-state index is 12.9. The average Bonchev–Trinajstić information content (AvgIpc) is 2.74. The smallest absolute Gasteiger partial charge is 0.317 e. The Kier molecular flexibility index (Phi) is 6.54. The van der Waals surface area contributed by atoms with E-state index in [0.717, 1.165) is 11.1 Å². The van der Waals surface area contributed by atoms with Crippen LogP contribution in [0.4, 0.5) is 4.79 Å². The highest BCUT2D eigenvalue weighted by Gasteiger charge is 2.30. The second-order valence-corrected chi connectivity index (χ2v) is 9.51. The summed E-state index contributed by atoms with van der Waals surface area (Å²) in [4.78, 5) is 18.6. The maximum Gasteiger partial charge on any atom is 0.317 e. The van der Waals surface area contributed by atoms with Crippen molar-refractivity contribution in [2.75, 3.05) is 26.2 Å². The second kappa shape index (κ2) is 8.92. The van der Waals surface area contributed by atoms with Gasteiger partial charge in [0.15, 0.2) is 0 Å². The van der Waals surface area contributed by atoms with Gasteiger partial charge in [0.25, 0.3) is 0 Å². The Morgan fingerprint density at radius 3 is 2.21 bits per heavy atom. The molecule has 8 heteroatoms. The number of aromatic nitrogens is 1. The predicted octanol–water partition coefficient (Wildman–Crippen LogP) is 2.98. The number of carbonyl (C=O) groups excluding carboxylic acids is 1. The molecule has 1 aromatic carbocycles. The van der Waals surface area contributed by atoms with E-state index >= 15 is 0 Å². The van der Waals surface area contributed by atoms with Gasteiger partial charge in [-0.2, -0.15) is 4.31 Å². The highest BCUT2D eigenvalue weighted by molar-refractivity contribution is 7.89. The Morgan fingerprint density at radius 2 is 1.66 bits per heavy atom. The van der Waals surface area contributed by atoms with E-state index < -0.39 is 10.0 Å². The van der Waals surface area contributed by atoms with Crippen LogP contribution in [0.5, 0.6) is 0 Å². The molecule has 2 heterocycles. The van der Waals surface area contributed by atoms with E-state index in [1.54, 1.807) is 29.4 Å². The molecule has 1 aliphatic rings. The molecular weight excluding hydrogens is 388 g/mol. The van der Waals surface area contributed by atoms with Gasteiger partial charge >= 0.3 is 6.03 Å². The zero-order valence-electron chi connectivity index (χ0n) is 17.1. The summed E-state index contributed by atoms with van der Waals surface area (Å²) in [6.45, 7) is 7.32. The molecule has 0 spiro atoms. The molecule has 0 bridgehead atoms. The fourth-order valence-corrected chi connectivity index (χ4v) is 4.72. The van der Waals surface area contributed by atoms with Crippen LogP contribution in [0.3, 0.4) is 0 Å². The standard InChI is InChI=1S/C21H28N4O3S/c1-16(2)18-6-8-20(9-7-18)29(27,28)25-13-11-24(12-14-25)21(26)23-17(3)19-5-4-10-22-15-19/h4-10,15-17H,11-14H2,1-3H3,(H,23,26). The number of urea groups is 1. The number of carbonyl (C=O) groups is 1. The van der Waals surface area contributed by atoms with Crippen molar-refractivity contribution in [3.63, 3.8) is 0 Å². The number of pyridine rings is 1. The van der Waals surface area contributed by atoms with Gasteiger partial charge in [0.05, 0.1) is 10.9 Å². The first-order chi connectivity index (χ1) is 13.8. The lowest BCUT2D eigenvalue weighted by Crippen LogP contribution is -2.53. The molecule has 1 unspecified atom stereocenters. The molecule has 1 aliphatic heterocycles. The Bertz CT molecular complexity index is 922. The predicted molar refractivity (Wildman–Crippen MR) is 112 cm³/mol. The third-order valence-electron chi connectivity index (χ3n) is 5.23. The minimum atomic E-state index is -3.55. The highest BCUT2D eigenvalue weighted by Crippen LogP contribution is 2.21. The van der Waals surface area contributed by atoms with Crippen molar-refractivity contribution in [1.82, 2.24) is 19.5 Å². The van der Waals surface area contributed by atoms with Crippen molar-refractivity contribution in [2.24, 2.45) is 0 Å². The molecule has 0 saturated carbocycles. The van der Waals surface area contributed by atoms with Gasteiger partial charge in [-0.3, -0.25) is 4.98 Å². The summed E-state index contributed by atoms with van der Waals surface area (Å²) in [6.07, 6.45) is 3.41. The van der Waals surface area contributed by atoms with E-state index in [-0.39, 0.29) is 25.2 Å². The second-order valence-electron chi connectivity index (χ2n) is 7.57. The minimum absolute atomic E-state index is 0.169. The Morgan fingerprint density at radius 1 is 1.00 bits per heavy atom. The molecule has 1 fully saturated rings. The molecule has 1 saturated heterocycles. The summed E-state index contributed by atoms with van der Waals surface area (Å²) < 4.78 is 27.3. The molecule has 1 N–H and O–H groups in total. The number of amides is 2. The van der Waals surface area contributed by atoms with Gasteiger partial charge in [0, 0.05) is 38.6 Å². The lowest BCUT2D eigenvalue weighted by Gasteiger charge is -2.34. The van der Waals surface area contributed by atoms with Crippen LogP contribution in [0.25, 0.3) is 0 Å². The number of benzene rings is 1. The third-order valence-corrected chi connectivity index (χ3v) is 7.15. The molecule has 0 aliphatic carbocycles. The summed E-state index contributed by atoms with van der Waals surface area (Å²) in [6, 6.07) is 10.4. The normalized spacial score (nSPS) is 16.6. The zero-order chi connectivity index (χ0) is 21.0. The molecular formula is C21H28N4O3S. The largest absolute Gasteiger partial charge is 0.331 e. The van der Waals surface area contributed by atoms with Crippen molar-refractivity contribution in [2.45, 2.75) is 37.6 Å². The Balaban J connectivity index is 1.58. The molecule has 2 amide bonds. The molecule has 29 heavy (non-hydrogen) atoms. The summed E-state index contributed by atoms with van der Waals surface area (Å²) in [7, 11) is -3.55. The van der Waals surface area contributed by atoms with Gasteiger partial charge in [0.1, 0.15) is 0 Å². The minimum Gasteiger partial charge on any atom is -0.331 e. The molecule has 7 nitrogen and oxygen atoms in total. The lowest BCUT2D eigenvalue weighted by atomic mass is 10.0. The van der Waals surface area contributed by atoms with Gasteiger partial charge in [0.2, 0.25) is 10.0 Å². The SMILES string of the molecule is CC(C)c1ccc(S(=O)(=O)N2CCN(C(=O)NC(C)c3cccnc3)CC2)cc1. The van der Waals surface area contributed by atoms with Crippen molar-refractivity contribution in [3.05, 3.63) is 59.9 Å². The van der Waals surface area contributed by atoms with Crippen LogP contribution in [0.2, 0.25) is 0 Å². The fraction of sp³-hybridized carbons (Fsp3) is 0.429. The van der Waals surface area contributed by atoms with Crippen molar-refractivity contribution in [3.8, 4) is 0 Å². The molecule has 1 aromatic heterocycles. The van der Waals surface area contributed by atoms with E-state index in [1.807, 2.05) is 31.2 Å². The van der Waals surface area contributed by atoms with Crippen LogP contribution < -0.4 is 5.32 Å².